The number of esters is 1. The minimum absolute atomic E-state index is 0.00108. The first-order valence-electron chi connectivity index (χ1n) is 14.9. The van der Waals surface area contributed by atoms with Gasteiger partial charge in [0.25, 0.3) is 0 Å². The molecule has 0 aromatic rings. The minimum Gasteiger partial charge on any atom is -0.457 e. The van der Waals surface area contributed by atoms with Crippen molar-refractivity contribution in [2.75, 3.05) is 7.11 Å². The third kappa shape index (κ3) is 5.05. The zero-order valence-corrected chi connectivity index (χ0v) is 26.8. The lowest BCUT2D eigenvalue weighted by Crippen LogP contribution is -2.56. The molecule has 7 heteroatoms. The third-order valence-corrected chi connectivity index (χ3v) is 15.4. The van der Waals surface area contributed by atoms with Gasteiger partial charge in [0.2, 0.25) is 0 Å². The zero-order chi connectivity index (χ0) is 29.1. The van der Waals surface area contributed by atoms with Crippen LogP contribution in [0.1, 0.15) is 61.3 Å². The second-order valence-electron chi connectivity index (χ2n) is 14.2. The summed E-state index contributed by atoms with van der Waals surface area (Å²) in [5.74, 6) is -0.268. The van der Waals surface area contributed by atoms with E-state index in [0.717, 1.165) is 12.0 Å². The number of cyclic esters (lactones) is 1. The zero-order valence-electron chi connectivity index (χ0n) is 25.8. The number of methoxy groups -OCH3 is 1. The Morgan fingerprint density at radius 1 is 1.28 bits per heavy atom. The quantitative estimate of drug-likeness (QED) is 0.242. The molecule has 0 aromatic carbocycles. The first-order valence-corrected chi connectivity index (χ1v) is 17.8. The number of carbonyl (C=O) groups is 1. The number of aliphatic hydroxyl groups excluding tert-OH is 1. The summed E-state index contributed by atoms with van der Waals surface area (Å²) in [5.41, 5.74) is 0.398. The fourth-order valence-electron chi connectivity index (χ4n) is 7.71. The number of allylic oxidation sites excluding steroid dienone is 1. The predicted octanol–water partition coefficient (Wildman–Crippen LogP) is 6.07. The highest BCUT2D eigenvalue weighted by atomic mass is 28.4. The van der Waals surface area contributed by atoms with Crippen molar-refractivity contribution < 1.29 is 28.5 Å². The summed E-state index contributed by atoms with van der Waals surface area (Å²) < 4.78 is 25.9. The fourth-order valence-corrected chi connectivity index (χ4v) is 9.12. The van der Waals surface area contributed by atoms with Gasteiger partial charge in [0, 0.05) is 30.8 Å². The van der Waals surface area contributed by atoms with Crippen LogP contribution in [0.3, 0.4) is 0 Å². The molecular formula is C32H52O6Si. The lowest BCUT2D eigenvalue weighted by Gasteiger charge is -2.49. The Kier molecular flexibility index (Phi) is 8.55. The monoisotopic (exact) mass is 560 g/mol. The topological polar surface area (TPSA) is 74.2 Å². The molecule has 12 atom stereocenters. The maximum atomic E-state index is 13.6. The van der Waals surface area contributed by atoms with Crippen LogP contribution in [-0.4, -0.2) is 62.6 Å². The van der Waals surface area contributed by atoms with Gasteiger partial charge in [0.15, 0.2) is 14.4 Å². The summed E-state index contributed by atoms with van der Waals surface area (Å²) in [7, 11) is -0.538. The third-order valence-electron chi connectivity index (χ3n) is 10.8. The molecule has 1 spiro atoms. The van der Waals surface area contributed by atoms with E-state index in [-0.39, 0.29) is 58.7 Å². The van der Waals surface area contributed by atoms with Crippen molar-refractivity contribution in [2.45, 2.75) is 116 Å². The molecule has 4 aliphatic rings. The van der Waals surface area contributed by atoms with E-state index in [2.05, 4.69) is 79.4 Å². The van der Waals surface area contributed by atoms with Crippen molar-refractivity contribution >= 4 is 14.3 Å². The van der Waals surface area contributed by atoms with E-state index in [1.807, 2.05) is 13.0 Å². The Morgan fingerprint density at radius 3 is 2.54 bits per heavy atom. The van der Waals surface area contributed by atoms with Crippen molar-refractivity contribution in [3.05, 3.63) is 36.5 Å². The minimum atomic E-state index is -2.11. The molecule has 0 aromatic heterocycles. The summed E-state index contributed by atoms with van der Waals surface area (Å²) in [6.07, 6.45) is 7.82. The number of rotatable bonds is 6. The van der Waals surface area contributed by atoms with E-state index in [1.54, 1.807) is 7.11 Å². The van der Waals surface area contributed by atoms with Crippen LogP contribution in [0.2, 0.25) is 18.1 Å². The summed E-state index contributed by atoms with van der Waals surface area (Å²) in [4.78, 5) is 13.6. The second-order valence-corrected chi connectivity index (χ2v) is 18.9. The van der Waals surface area contributed by atoms with Gasteiger partial charge in [-0.25, -0.2) is 4.79 Å². The molecule has 1 saturated carbocycles. The van der Waals surface area contributed by atoms with Crippen LogP contribution in [0.4, 0.5) is 0 Å². The molecule has 220 valence electrons. The number of aliphatic hydroxyl groups is 1. The van der Waals surface area contributed by atoms with E-state index < -0.39 is 32.2 Å². The average Bonchev–Trinajstić information content (AvgIpc) is 3.04. The van der Waals surface area contributed by atoms with Crippen molar-refractivity contribution in [3.63, 3.8) is 0 Å². The smallest absolute Gasteiger partial charge is 0.335 e. The van der Waals surface area contributed by atoms with Crippen LogP contribution in [0.15, 0.2) is 36.5 Å². The summed E-state index contributed by atoms with van der Waals surface area (Å²) in [6.45, 7) is 23.5. The SMILES string of the molecule is C=CC[C@@H]1C(C)[C@@H](O)[C@@H]2[C@H]3C=C[C@@H]4C[C@H](OC)C(=O)O[C@H]([C@@H](C)O[Si](C)(C)C(C)(C)C)[C@H](C)/C=C(\C)[C@@]24O[C@H]31. The Hall–Kier alpha value is -1.25. The molecule has 4 rings (SSSR count). The molecule has 0 amide bonds. The maximum Gasteiger partial charge on any atom is 0.335 e. The predicted molar refractivity (Wildman–Crippen MR) is 157 cm³/mol. The first-order chi connectivity index (χ1) is 18.1. The number of hydrogen-bond donors (Lipinski definition) is 1. The summed E-state index contributed by atoms with van der Waals surface area (Å²) >= 11 is 0. The highest BCUT2D eigenvalue weighted by Gasteiger charge is 2.67. The molecule has 2 aliphatic heterocycles. The lowest BCUT2D eigenvalue weighted by molar-refractivity contribution is -0.171. The Bertz CT molecular complexity index is 997. The normalized spacial score (nSPS) is 44.6. The Morgan fingerprint density at radius 2 is 1.95 bits per heavy atom. The largest absolute Gasteiger partial charge is 0.457 e. The van der Waals surface area contributed by atoms with E-state index >= 15 is 0 Å². The maximum absolute atomic E-state index is 13.6. The van der Waals surface area contributed by atoms with Gasteiger partial charge in [-0.3, -0.25) is 0 Å². The van der Waals surface area contributed by atoms with Gasteiger partial charge < -0.3 is 23.7 Å². The molecule has 2 aliphatic carbocycles. The molecule has 2 fully saturated rings. The first kappa shape index (κ1) is 30.7. The van der Waals surface area contributed by atoms with E-state index in [1.165, 1.54) is 0 Å². The van der Waals surface area contributed by atoms with Crippen LogP contribution >= 0.6 is 0 Å². The summed E-state index contributed by atoms with van der Waals surface area (Å²) in [6, 6.07) is 0. The van der Waals surface area contributed by atoms with Crippen molar-refractivity contribution in [2.24, 2.45) is 35.5 Å². The number of carbonyl (C=O) groups excluding carboxylic acids is 1. The lowest BCUT2D eigenvalue weighted by atomic mass is 9.55. The molecule has 4 bridgehead atoms. The molecule has 0 radical (unpaired) electrons. The Labute approximate surface area is 237 Å². The Balaban J connectivity index is 1.79. The highest BCUT2D eigenvalue weighted by Crippen LogP contribution is 2.62. The number of ether oxygens (including phenoxy) is 3. The standard InChI is InChI=1S/C32H52O6Si/c1-12-13-23-20(4)27(33)26-24-15-14-22-17-25(35-9)30(34)36-28(21(5)38-39(10,11)31(6,7)8)18(2)16-19(3)32(22,26)37-29(23)24/h12,14-16,18,20-29,33H,1,13,17H2,2-11H3/b19-16+/t18-,20?,21-,22-,23-,24-,25+,26+,27-,28+,29+,32+/m1/s1. The summed E-state index contributed by atoms with van der Waals surface area (Å²) in [5, 5.41) is 11.8. The van der Waals surface area contributed by atoms with E-state index in [9.17, 15) is 9.90 Å². The van der Waals surface area contributed by atoms with Crippen LogP contribution in [0.25, 0.3) is 0 Å². The van der Waals surface area contributed by atoms with Crippen molar-refractivity contribution in [1.29, 1.82) is 0 Å². The van der Waals surface area contributed by atoms with E-state index in [4.69, 9.17) is 18.6 Å². The highest BCUT2D eigenvalue weighted by molar-refractivity contribution is 6.74. The van der Waals surface area contributed by atoms with Gasteiger partial charge in [0.05, 0.1) is 18.3 Å². The van der Waals surface area contributed by atoms with Crippen LogP contribution < -0.4 is 0 Å². The molecule has 1 unspecified atom stereocenters. The molecule has 6 nitrogen and oxygen atoms in total. The van der Waals surface area contributed by atoms with Crippen molar-refractivity contribution in [1.82, 2.24) is 0 Å². The van der Waals surface area contributed by atoms with E-state index in [0.29, 0.717) is 6.42 Å². The molecule has 39 heavy (non-hydrogen) atoms. The second kappa shape index (κ2) is 10.9. The van der Waals surface area contributed by atoms with Crippen LogP contribution in [-0.2, 0) is 23.4 Å². The van der Waals surface area contributed by atoms with Gasteiger partial charge >= 0.3 is 5.97 Å². The van der Waals surface area contributed by atoms with Crippen LogP contribution in [0.5, 0.6) is 0 Å². The fraction of sp³-hybridized carbons (Fsp3) is 0.781. The molecule has 1 N–H and O–H groups in total. The molecule has 1 saturated heterocycles. The average molecular weight is 561 g/mol. The van der Waals surface area contributed by atoms with Gasteiger partial charge in [-0.05, 0) is 62.2 Å². The molecular weight excluding hydrogens is 508 g/mol. The van der Waals surface area contributed by atoms with Gasteiger partial charge in [0.1, 0.15) is 11.7 Å². The van der Waals surface area contributed by atoms with Gasteiger partial charge in [-0.1, -0.05) is 58.9 Å². The molecule has 2 heterocycles. The number of hydrogen-bond acceptors (Lipinski definition) is 6. The van der Waals surface area contributed by atoms with Gasteiger partial charge in [-0.2, -0.15) is 0 Å². The van der Waals surface area contributed by atoms with Crippen LogP contribution in [0, 0.1) is 35.5 Å². The van der Waals surface area contributed by atoms with Crippen molar-refractivity contribution in [3.8, 4) is 0 Å². The van der Waals surface area contributed by atoms with Gasteiger partial charge in [-0.15, -0.1) is 6.58 Å².